The van der Waals surface area contributed by atoms with E-state index in [4.69, 9.17) is 14.7 Å². The zero-order valence-corrected chi connectivity index (χ0v) is 12.7. The van der Waals surface area contributed by atoms with E-state index in [0.717, 1.165) is 15.9 Å². The molecule has 2 rings (SSSR count). The van der Waals surface area contributed by atoms with E-state index in [2.05, 4.69) is 27.3 Å². The van der Waals surface area contributed by atoms with Gasteiger partial charge in [0.1, 0.15) is 17.6 Å². The predicted molar refractivity (Wildman–Crippen MR) is 81.7 cm³/mol. The van der Waals surface area contributed by atoms with Gasteiger partial charge in [0.2, 0.25) is 0 Å². The number of rotatable bonds is 4. The lowest BCUT2D eigenvalue weighted by molar-refractivity contribution is 0.415. The van der Waals surface area contributed by atoms with E-state index in [1.165, 1.54) is 0 Å². The van der Waals surface area contributed by atoms with Crippen molar-refractivity contribution in [2.24, 2.45) is 0 Å². The van der Waals surface area contributed by atoms with Crippen LogP contribution < -0.4 is 14.8 Å². The Morgan fingerprint density at radius 3 is 2.20 bits per heavy atom. The van der Waals surface area contributed by atoms with Crippen molar-refractivity contribution in [1.82, 2.24) is 0 Å². The zero-order valence-electron chi connectivity index (χ0n) is 11.1. The fourth-order valence-corrected chi connectivity index (χ4v) is 2.07. The maximum Gasteiger partial charge on any atom is 0.121 e. The summed E-state index contributed by atoms with van der Waals surface area (Å²) < 4.78 is 11.3. The van der Waals surface area contributed by atoms with E-state index in [-0.39, 0.29) is 0 Å². The van der Waals surface area contributed by atoms with Crippen LogP contribution in [0.1, 0.15) is 5.56 Å². The molecule has 2 aromatic rings. The maximum atomic E-state index is 9.16. The van der Waals surface area contributed by atoms with Crippen LogP contribution >= 0.6 is 15.9 Å². The fourth-order valence-electron chi connectivity index (χ4n) is 1.72. The lowest BCUT2D eigenvalue weighted by Crippen LogP contribution is -1.96. The van der Waals surface area contributed by atoms with Gasteiger partial charge in [0.05, 0.1) is 31.2 Å². The van der Waals surface area contributed by atoms with Crippen LogP contribution in [0.3, 0.4) is 0 Å². The zero-order chi connectivity index (χ0) is 14.5. The van der Waals surface area contributed by atoms with Crippen LogP contribution in [0.2, 0.25) is 0 Å². The summed E-state index contributed by atoms with van der Waals surface area (Å²) in [6.07, 6.45) is 0. The molecule has 102 valence electrons. The molecule has 0 aliphatic rings. The quantitative estimate of drug-likeness (QED) is 0.916. The molecule has 0 aliphatic carbocycles. The van der Waals surface area contributed by atoms with Crippen molar-refractivity contribution in [3.05, 3.63) is 46.4 Å². The number of methoxy groups -OCH3 is 2. The van der Waals surface area contributed by atoms with Gasteiger partial charge in [-0.25, -0.2) is 0 Å². The third-order valence-corrected chi connectivity index (χ3v) is 3.48. The number of hydrogen-bond donors (Lipinski definition) is 1. The van der Waals surface area contributed by atoms with Gasteiger partial charge >= 0.3 is 0 Å². The largest absolute Gasteiger partial charge is 0.497 e. The van der Waals surface area contributed by atoms with Crippen LogP contribution in [-0.4, -0.2) is 14.2 Å². The normalized spacial score (nSPS) is 9.70. The van der Waals surface area contributed by atoms with Gasteiger partial charge in [0.15, 0.2) is 0 Å². The van der Waals surface area contributed by atoms with Gasteiger partial charge < -0.3 is 14.8 Å². The lowest BCUT2D eigenvalue weighted by atomic mass is 10.1. The van der Waals surface area contributed by atoms with Crippen LogP contribution in [0.15, 0.2) is 40.9 Å². The average Bonchev–Trinajstić information content (AvgIpc) is 2.49. The third kappa shape index (κ3) is 3.03. The summed E-state index contributed by atoms with van der Waals surface area (Å²) in [4.78, 5) is 0. The number of hydrogen-bond acceptors (Lipinski definition) is 4. The highest BCUT2D eigenvalue weighted by Gasteiger charge is 2.08. The van der Waals surface area contributed by atoms with Crippen LogP contribution in [0, 0.1) is 11.3 Å². The van der Waals surface area contributed by atoms with Gasteiger partial charge in [0.25, 0.3) is 0 Å². The molecule has 0 spiro atoms. The van der Waals surface area contributed by atoms with Crippen LogP contribution in [0.5, 0.6) is 11.5 Å². The Hall–Kier alpha value is -2.19. The number of nitrogens with one attached hydrogen (secondary N) is 1. The van der Waals surface area contributed by atoms with E-state index in [9.17, 15) is 0 Å². The Morgan fingerprint density at radius 2 is 1.60 bits per heavy atom. The minimum atomic E-state index is 0.542. The molecule has 0 unspecified atom stereocenters. The Balaban J connectivity index is 2.41. The van der Waals surface area contributed by atoms with E-state index in [1.807, 2.05) is 18.2 Å². The third-order valence-electron chi connectivity index (χ3n) is 2.79. The minimum absolute atomic E-state index is 0.542. The summed E-state index contributed by atoms with van der Waals surface area (Å²) in [5, 5.41) is 12.4. The number of ether oxygens (including phenoxy) is 2. The number of nitriles is 1. The maximum absolute atomic E-state index is 9.16. The Kier molecular flexibility index (Phi) is 4.49. The molecule has 20 heavy (non-hydrogen) atoms. The first-order valence-electron chi connectivity index (χ1n) is 5.86. The Morgan fingerprint density at radius 1 is 1.00 bits per heavy atom. The minimum Gasteiger partial charge on any atom is -0.497 e. The highest BCUT2D eigenvalue weighted by Crippen LogP contribution is 2.32. The summed E-state index contributed by atoms with van der Waals surface area (Å²) in [6, 6.07) is 13.0. The highest BCUT2D eigenvalue weighted by atomic mass is 79.9. The van der Waals surface area contributed by atoms with E-state index in [1.54, 1.807) is 32.4 Å². The van der Waals surface area contributed by atoms with Gasteiger partial charge in [-0.15, -0.1) is 0 Å². The molecule has 0 aliphatic heterocycles. The van der Waals surface area contributed by atoms with Crippen LogP contribution in [-0.2, 0) is 0 Å². The van der Waals surface area contributed by atoms with Crippen molar-refractivity contribution in [2.75, 3.05) is 19.5 Å². The first kappa shape index (κ1) is 14.2. The van der Waals surface area contributed by atoms with Gasteiger partial charge in [-0.3, -0.25) is 0 Å². The second-order valence-electron chi connectivity index (χ2n) is 3.99. The average molecular weight is 333 g/mol. The van der Waals surface area contributed by atoms with E-state index < -0.39 is 0 Å². The van der Waals surface area contributed by atoms with Crippen molar-refractivity contribution < 1.29 is 9.47 Å². The summed E-state index contributed by atoms with van der Waals surface area (Å²) in [5.74, 6) is 1.42. The smallest absolute Gasteiger partial charge is 0.121 e. The summed E-state index contributed by atoms with van der Waals surface area (Å²) >= 11 is 3.47. The molecule has 0 saturated carbocycles. The molecule has 0 saturated heterocycles. The molecule has 2 aromatic carbocycles. The standard InChI is InChI=1S/C15H13BrN2O2/c1-19-11-4-3-10(9-17)14(7-11)18-15-8-12(20-2)5-6-13(15)16/h3-8,18H,1-2H3. The lowest BCUT2D eigenvalue weighted by Gasteiger charge is -2.12. The number of benzene rings is 2. The summed E-state index contributed by atoms with van der Waals surface area (Å²) in [6.45, 7) is 0. The number of nitrogens with zero attached hydrogens (tertiary/aromatic N) is 1. The SMILES string of the molecule is COc1ccc(Br)c(Nc2cc(OC)ccc2C#N)c1. The molecule has 4 nitrogen and oxygen atoms in total. The van der Waals surface area contributed by atoms with Crippen molar-refractivity contribution >= 4 is 27.3 Å². The molecule has 0 fully saturated rings. The summed E-state index contributed by atoms with van der Waals surface area (Å²) in [5.41, 5.74) is 2.04. The molecular weight excluding hydrogens is 320 g/mol. The van der Waals surface area contributed by atoms with Gasteiger partial charge in [-0.2, -0.15) is 5.26 Å². The van der Waals surface area contributed by atoms with E-state index in [0.29, 0.717) is 17.0 Å². The van der Waals surface area contributed by atoms with Gasteiger partial charge in [0, 0.05) is 16.6 Å². The molecule has 0 heterocycles. The molecule has 0 bridgehead atoms. The molecule has 5 heteroatoms. The first-order chi connectivity index (χ1) is 9.67. The van der Waals surface area contributed by atoms with Crippen molar-refractivity contribution in [1.29, 1.82) is 5.26 Å². The molecule has 0 atom stereocenters. The second-order valence-corrected chi connectivity index (χ2v) is 4.85. The predicted octanol–water partition coefficient (Wildman–Crippen LogP) is 4.08. The van der Waals surface area contributed by atoms with Crippen molar-refractivity contribution in [3.8, 4) is 17.6 Å². The topological polar surface area (TPSA) is 54.3 Å². The van der Waals surface area contributed by atoms with Crippen LogP contribution in [0.4, 0.5) is 11.4 Å². The molecular formula is C15H13BrN2O2. The first-order valence-corrected chi connectivity index (χ1v) is 6.66. The van der Waals surface area contributed by atoms with Gasteiger partial charge in [-0.05, 0) is 40.2 Å². The molecule has 0 radical (unpaired) electrons. The van der Waals surface area contributed by atoms with Crippen molar-refractivity contribution in [2.45, 2.75) is 0 Å². The van der Waals surface area contributed by atoms with Crippen LogP contribution in [0.25, 0.3) is 0 Å². The molecule has 0 amide bonds. The molecule has 1 N–H and O–H groups in total. The highest BCUT2D eigenvalue weighted by molar-refractivity contribution is 9.10. The van der Waals surface area contributed by atoms with Crippen molar-refractivity contribution in [3.63, 3.8) is 0 Å². The Labute approximate surface area is 126 Å². The Bertz CT molecular complexity index is 665. The number of anilines is 2. The van der Waals surface area contributed by atoms with E-state index >= 15 is 0 Å². The molecule has 0 aromatic heterocycles. The second kappa shape index (κ2) is 6.31. The summed E-state index contributed by atoms with van der Waals surface area (Å²) in [7, 11) is 3.20. The monoisotopic (exact) mass is 332 g/mol. The fraction of sp³-hybridized carbons (Fsp3) is 0.133. The number of halogens is 1. The van der Waals surface area contributed by atoms with Gasteiger partial charge in [-0.1, -0.05) is 0 Å².